The van der Waals surface area contributed by atoms with Crippen molar-refractivity contribution in [2.75, 3.05) is 21.3 Å². The maximum absolute atomic E-state index is 5.82. The van der Waals surface area contributed by atoms with Gasteiger partial charge in [0.2, 0.25) is 11.6 Å². The van der Waals surface area contributed by atoms with Gasteiger partial charge in [0.1, 0.15) is 0 Å². The van der Waals surface area contributed by atoms with Gasteiger partial charge in [-0.25, -0.2) is 4.98 Å². The summed E-state index contributed by atoms with van der Waals surface area (Å²) in [6.45, 7) is 0.681. The molecular weight excluding hydrogens is 256 g/mol. The van der Waals surface area contributed by atoms with Gasteiger partial charge in [0.25, 0.3) is 0 Å². The van der Waals surface area contributed by atoms with Crippen molar-refractivity contribution in [3.05, 3.63) is 42.1 Å². The van der Waals surface area contributed by atoms with Crippen LogP contribution < -0.4 is 19.5 Å². The van der Waals surface area contributed by atoms with Crippen LogP contribution in [0.25, 0.3) is 0 Å². The van der Waals surface area contributed by atoms with Crippen molar-refractivity contribution in [1.29, 1.82) is 0 Å². The summed E-state index contributed by atoms with van der Waals surface area (Å²) in [7, 11) is 5.05. The molecule has 0 spiro atoms. The Balaban J connectivity index is 2.31. The van der Waals surface area contributed by atoms with Gasteiger partial charge in [-0.2, -0.15) is 0 Å². The first kappa shape index (κ1) is 14.1. The van der Waals surface area contributed by atoms with E-state index in [0.29, 0.717) is 29.7 Å². The van der Waals surface area contributed by atoms with Crippen LogP contribution in [0.3, 0.4) is 0 Å². The number of pyridine rings is 1. The summed E-state index contributed by atoms with van der Waals surface area (Å²) in [6, 6.07) is 11.1. The number of aromatic nitrogens is 1. The summed E-state index contributed by atoms with van der Waals surface area (Å²) in [6.07, 6.45) is 0. The highest BCUT2D eigenvalue weighted by Gasteiger charge is 2.13. The van der Waals surface area contributed by atoms with Crippen molar-refractivity contribution in [3.63, 3.8) is 0 Å². The molecule has 0 radical (unpaired) electrons. The van der Waals surface area contributed by atoms with Crippen LogP contribution in [0.5, 0.6) is 23.1 Å². The Morgan fingerprint density at radius 1 is 1.00 bits per heavy atom. The van der Waals surface area contributed by atoms with Gasteiger partial charge in [0.05, 0.1) is 19.9 Å². The second-order valence-corrected chi connectivity index (χ2v) is 4.09. The molecule has 2 rings (SSSR count). The highest BCUT2D eigenvalue weighted by atomic mass is 16.5. The zero-order valence-electron chi connectivity index (χ0n) is 11.8. The molecule has 2 aromatic rings. The second kappa shape index (κ2) is 6.77. The van der Waals surface area contributed by atoms with Crippen LogP contribution in [-0.4, -0.2) is 26.3 Å². The van der Waals surface area contributed by atoms with Gasteiger partial charge < -0.3 is 19.5 Å². The van der Waals surface area contributed by atoms with Gasteiger partial charge in [-0.15, -0.1) is 0 Å². The molecule has 0 atom stereocenters. The average Bonchev–Trinajstić information content (AvgIpc) is 2.48. The standard InChI is InChI=1S/C15H18N2O3/c1-16-10-11-6-4-9-14(17-11)20-15-12(18-2)7-5-8-13(15)19-3/h4-9,16H,10H2,1-3H3. The predicted octanol–water partition coefficient (Wildman–Crippen LogP) is 2.61. The number of nitrogens with one attached hydrogen (secondary N) is 1. The first-order valence-electron chi connectivity index (χ1n) is 6.28. The van der Waals surface area contributed by atoms with E-state index in [9.17, 15) is 0 Å². The zero-order valence-corrected chi connectivity index (χ0v) is 11.8. The van der Waals surface area contributed by atoms with Gasteiger partial charge in [0, 0.05) is 12.6 Å². The third kappa shape index (κ3) is 3.19. The molecule has 0 aliphatic rings. The summed E-state index contributed by atoms with van der Waals surface area (Å²) in [5.74, 6) is 2.22. The Morgan fingerprint density at radius 3 is 2.25 bits per heavy atom. The highest BCUT2D eigenvalue weighted by Crippen LogP contribution is 2.39. The fraction of sp³-hybridized carbons (Fsp3) is 0.267. The maximum atomic E-state index is 5.82. The molecule has 106 valence electrons. The monoisotopic (exact) mass is 274 g/mol. The Kier molecular flexibility index (Phi) is 4.79. The minimum absolute atomic E-state index is 0.501. The molecule has 1 aromatic carbocycles. The first-order valence-corrected chi connectivity index (χ1v) is 6.28. The minimum atomic E-state index is 0.501. The zero-order chi connectivity index (χ0) is 14.4. The Labute approximate surface area is 118 Å². The largest absolute Gasteiger partial charge is 0.493 e. The van der Waals surface area contributed by atoms with Crippen LogP contribution in [-0.2, 0) is 6.54 Å². The molecule has 5 heteroatoms. The minimum Gasteiger partial charge on any atom is -0.493 e. The van der Waals surface area contributed by atoms with Crippen LogP contribution in [0, 0.1) is 0 Å². The van der Waals surface area contributed by atoms with E-state index in [-0.39, 0.29) is 0 Å². The van der Waals surface area contributed by atoms with Gasteiger partial charge in [-0.1, -0.05) is 12.1 Å². The van der Waals surface area contributed by atoms with E-state index in [4.69, 9.17) is 14.2 Å². The van der Waals surface area contributed by atoms with Crippen molar-refractivity contribution in [2.24, 2.45) is 0 Å². The number of hydrogen-bond acceptors (Lipinski definition) is 5. The van der Waals surface area contributed by atoms with Crippen LogP contribution in [0.2, 0.25) is 0 Å². The lowest BCUT2D eigenvalue weighted by Gasteiger charge is -2.13. The lowest BCUT2D eigenvalue weighted by Crippen LogP contribution is -2.07. The molecular formula is C15H18N2O3. The van der Waals surface area contributed by atoms with Gasteiger partial charge >= 0.3 is 0 Å². The summed E-state index contributed by atoms with van der Waals surface area (Å²) >= 11 is 0. The summed E-state index contributed by atoms with van der Waals surface area (Å²) < 4.78 is 16.4. The van der Waals surface area contributed by atoms with E-state index < -0.39 is 0 Å². The van der Waals surface area contributed by atoms with E-state index in [1.54, 1.807) is 20.3 Å². The number of para-hydroxylation sites is 1. The van der Waals surface area contributed by atoms with E-state index in [0.717, 1.165) is 5.69 Å². The maximum Gasteiger partial charge on any atom is 0.219 e. The van der Waals surface area contributed by atoms with Crippen LogP contribution in [0.4, 0.5) is 0 Å². The lowest BCUT2D eigenvalue weighted by molar-refractivity contribution is 0.341. The fourth-order valence-corrected chi connectivity index (χ4v) is 1.82. The third-order valence-corrected chi connectivity index (χ3v) is 2.73. The van der Waals surface area contributed by atoms with Crippen molar-refractivity contribution in [1.82, 2.24) is 10.3 Å². The normalized spacial score (nSPS) is 10.2. The Morgan fingerprint density at radius 2 is 1.65 bits per heavy atom. The lowest BCUT2D eigenvalue weighted by atomic mass is 10.3. The van der Waals surface area contributed by atoms with Crippen molar-refractivity contribution >= 4 is 0 Å². The average molecular weight is 274 g/mol. The second-order valence-electron chi connectivity index (χ2n) is 4.09. The molecule has 0 aliphatic heterocycles. The molecule has 0 aliphatic carbocycles. The molecule has 0 unspecified atom stereocenters. The van der Waals surface area contributed by atoms with Crippen molar-refractivity contribution in [2.45, 2.75) is 6.54 Å². The summed E-state index contributed by atoms with van der Waals surface area (Å²) in [5, 5.41) is 3.05. The van der Waals surface area contributed by atoms with Gasteiger partial charge in [-0.05, 0) is 25.2 Å². The molecule has 1 heterocycles. The molecule has 0 bridgehead atoms. The SMILES string of the molecule is CNCc1cccc(Oc2c(OC)cccc2OC)n1. The Bertz CT molecular complexity index is 551. The molecule has 20 heavy (non-hydrogen) atoms. The molecule has 0 fully saturated rings. The smallest absolute Gasteiger partial charge is 0.219 e. The molecule has 0 saturated heterocycles. The fourth-order valence-electron chi connectivity index (χ4n) is 1.82. The quantitative estimate of drug-likeness (QED) is 0.877. The number of nitrogens with zero attached hydrogens (tertiary/aromatic N) is 1. The van der Waals surface area contributed by atoms with E-state index in [1.807, 2.05) is 37.4 Å². The number of benzene rings is 1. The number of rotatable bonds is 6. The third-order valence-electron chi connectivity index (χ3n) is 2.73. The van der Waals surface area contributed by atoms with Crippen molar-refractivity contribution < 1.29 is 14.2 Å². The first-order chi connectivity index (χ1) is 9.78. The number of ether oxygens (including phenoxy) is 3. The molecule has 1 N–H and O–H groups in total. The van der Waals surface area contributed by atoms with Crippen LogP contribution in [0.1, 0.15) is 5.69 Å². The summed E-state index contributed by atoms with van der Waals surface area (Å²) in [5.41, 5.74) is 0.902. The molecule has 0 saturated carbocycles. The van der Waals surface area contributed by atoms with Crippen LogP contribution >= 0.6 is 0 Å². The van der Waals surface area contributed by atoms with Crippen molar-refractivity contribution in [3.8, 4) is 23.1 Å². The molecule has 1 aromatic heterocycles. The van der Waals surface area contributed by atoms with E-state index in [2.05, 4.69) is 10.3 Å². The summed E-state index contributed by atoms with van der Waals surface area (Å²) in [4.78, 5) is 4.41. The van der Waals surface area contributed by atoms with Crippen LogP contribution in [0.15, 0.2) is 36.4 Å². The highest BCUT2D eigenvalue weighted by molar-refractivity contribution is 5.52. The predicted molar refractivity (Wildman–Crippen MR) is 76.6 cm³/mol. The Hall–Kier alpha value is -2.27. The molecule has 0 amide bonds. The van der Waals surface area contributed by atoms with Gasteiger partial charge in [-0.3, -0.25) is 0 Å². The topological polar surface area (TPSA) is 52.6 Å². The molecule has 5 nitrogen and oxygen atoms in total. The van der Waals surface area contributed by atoms with Gasteiger partial charge in [0.15, 0.2) is 11.5 Å². The number of hydrogen-bond donors (Lipinski definition) is 1. The van der Waals surface area contributed by atoms with E-state index in [1.165, 1.54) is 0 Å². The number of methoxy groups -OCH3 is 2. The van der Waals surface area contributed by atoms with E-state index >= 15 is 0 Å².